The molecule has 6 nitrogen and oxygen atoms in total. The van der Waals surface area contributed by atoms with Gasteiger partial charge in [-0.3, -0.25) is 15.0 Å². The molecule has 6 heteroatoms. The zero-order valence-corrected chi connectivity index (χ0v) is 13.9. The smallest absolute Gasteiger partial charge is 0.274 e. The normalized spacial score (nSPS) is 11.5. The number of rotatable bonds is 5. The molecule has 0 aromatic heterocycles. The second kappa shape index (κ2) is 7.61. The molecule has 0 unspecified atom stereocenters. The Morgan fingerprint density at radius 3 is 2.33 bits per heavy atom. The molecule has 1 atom stereocenters. The van der Waals surface area contributed by atoms with E-state index in [1.54, 1.807) is 31.2 Å². The largest absolute Gasteiger partial charge is 0.481 e. The van der Waals surface area contributed by atoms with Crippen molar-refractivity contribution in [3.05, 3.63) is 59.2 Å². The quantitative estimate of drug-likeness (QED) is 0.446. The first-order chi connectivity index (χ1) is 11.4. The van der Waals surface area contributed by atoms with Crippen LogP contribution in [0.25, 0.3) is 0 Å². The summed E-state index contributed by atoms with van der Waals surface area (Å²) in [6, 6.07) is 12.4. The van der Waals surface area contributed by atoms with Crippen molar-refractivity contribution in [2.75, 3.05) is 5.32 Å². The van der Waals surface area contributed by atoms with Crippen molar-refractivity contribution in [2.24, 2.45) is 5.84 Å². The minimum absolute atomic E-state index is 0.207. The number of nitrogens with one attached hydrogen (secondary N) is 2. The third kappa shape index (κ3) is 4.33. The topological polar surface area (TPSA) is 93.4 Å². The van der Waals surface area contributed by atoms with Gasteiger partial charge in [-0.15, -0.1) is 0 Å². The van der Waals surface area contributed by atoms with Gasteiger partial charge in [0.15, 0.2) is 6.10 Å². The van der Waals surface area contributed by atoms with Crippen LogP contribution in [0.4, 0.5) is 5.69 Å². The van der Waals surface area contributed by atoms with Gasteiger partial charge in [-0.05, 0) is 56.7 Å². The maximum absolute atomic E-state index is 12.3. The highest BCUT2D eigenvalue weighted by Gasteiger charge is 2.13. The van der Waals surface area contributed by atoms with Gasteiger partial charge in [0.2, 0.25) is 0 Å². The van der Waals surface area contributed by atoms with Crippen LogP contribution in [0.15, 0.2) is 42.5 Å². The Labute approximate surface area is 141 Å². The highest BCUT2D eigenvalue weighted by Crippen LogP contribution is 2.19. The predicted octanol–water partition coefficient (Wildman–Crippen LogP) is 2.31. The minimum atomic E-state index is -0.718. The fourth-order valence-corrected chi connectivity index (χ4v) is 2.21. The summed E-state index contributed by atoms with van der Waals surface area (Å²) in [5, 5.41) is 2.88. The van der Waals surface area contributed by atoms with Crippen LogP contribution in [0.1, 0.15) is 28.4 Å². The van der Waals surface area contributed by atoms with Gasteiger partial charge >= 0.3 is 0 Å². The molecule has 2 amide bonds. The van der Waals surface area contributed by atoms with E-state index in [4.69, 9.17) is 10.6 Å². The average molecular weight is 327 g/mol. The standard InChI is InChI=1S/C18H21N3O3/c1-11-4-9-16(12(2)10-11)20-18(23)14-5-7-15(8-6-14)24-13(3)17(22)21-19/h4-10,13H,19H2,1-3H3,(H,20,23)(H,21,22)/t13-/m0/s1. The van der Waals surface area contributed by atoms with Crippen LogP contribution in [0.3, 0.4) is 0 Å². The second-order valence-corrected chi connectivity index (χ2v) is 5.57. The number of hydrogen-bond acceptors (Lipinski definition) is 4. The number of amides is 2. The molecule has 0 aliphatic rings. The van der Waals surface area contributed by atoms with E-state index in [-0.39, 0.29) is 5.91 Å². The number of nitrogens with two attached hydrogens (primary N) is 1. The molecule has 2 rings (SSSR count). The lowest BCUT2D eigenvalue weighted by Crippen LogP contribution is -2.40. The Morgan fingerprint density at radius 1 is 1.08 bits per heavy atom. The van der Waals surface area contributed by atoms with Crippen LogP contribution in [-0.2, 0) is 4.79 Å². The lowest BCUT2D eigenvalue weighted by atomic mass is 10.1. The molecule has 0 spiro atoms. The van der Waals surface area contributed by atoms with Gasteiger partial charge in [-0.2, -0.15) is 0 Å². The molecule has 2 aromatic carbocycles. The van der Waals surface area contributed by atoms with Crippen LogP contribution in [0, 0.1) is 13.8 Å². The summed E-state index contributed by atoms with van der Waals surface area (Å²) in [7, 11) is 0. The molecular weight excluding hydrogens is 306 g/mol. The lowest BCUT2D eigenvalue weighted by Gasteiger charge is -2.13. The van der Waals surface area contributed by atoms with Crippen molar-refractivity contribution < 1.29 is 14.3 Å². The molecule has 0 fully saturated rings. The number of aryl methyl sites for hydroxylation is 2. The van der Waals surface area contributed by atoms with Crippen molar-refractivity contribution in [1.82, 2.24) is 5.43 Å². The molecule has 4 N–H and O–H groups in total. The molecule has 0 aliphatic carbocycles. The summed E-state index contributed by atoms with van der Waals surface area (Å²) < 4.78 is 5.43. The van der Waals surface area contributed by atoms with Crippen LogP contribution in [0.2, 0.25) is 0 Å². The Bertz CT molecular complexity index is 742. The first-order valence-electron chi connectivity index (χ1n) is 7.56. The van der Waals surface area contributed by atoms with Gasteiger partial charge < -0.3 is 10.1 Å². The Kier molecular flexibility index (Phi) is 5.55. The number of carbonyl (C=O) groups excluding carboxylic acids is 2. The summed E-state index contributed by atoms with van der Waals surface area (Å²) in [6.07, 6.45) is -0.718. The highest BCUT2D eigenvalue weighted by atomic mass is 16.5. The zero-order valence-electron chi connectivity index (χ0n) is 13.9. The van der Waals surface area contributed by atoms with Crippen LogP contribution in [0.5, 0.6) is 5.75 Å². The highest BCUT2D eigenvalue weighted by molar-refractivity contribution is 6.04. The van der Waals surface area contributed by atoms with E-state index in [2.05, 4.69) is 5.32 Å². The number of hydrazine groups is 1. The molecule has 0 saturated heterocycles. The van der Waals surface area contributed by atoms with Crippen molar-refractivity contribution >= 4 is 17.5 Å². The zero-order chi connectivity index (χ0) is 17.7. The van der Waals surface area contributed by atoms with Crippen molar-refractivity contribution in [1.29, 1.82) is 0 Å². The monoisotopic (exact) mass is 327 g/mol. The van der Waals surface area contributed by atoms with Gasteiger partial charge in [0.05, 0.1) is 0 Å². The lowest BCUT2D eigenvalue weighted by molar-refractivity contribution is -0.127. The first-order valence-corrected chi connectivity index (χ1v) is 7.56. The van der Waals surface area contributed by atoms with Crippen LogP contribution in [-0.4, -0.2) is 17.9 Å². The Hall–Kier alpha value is -2.86. The number of carbonyl (C=O) groups is 2. The van der Waals surface area contributed by atoms with Gasteiger partial charge in [0, 0.05) is 11.3 Å². The molecular formula is C18H21N3O3. The molecule has 0 radical (unpaired) electrons. The molecule has 126 valence electrons. The van der Waals surface area contributed by atoms with E-state index in [1.165, 1.54) is 0 Å². The van der Waals surface area contributed by atoms with Crippen molar-refractivity contribution in [2.45, 2.75) is 26.9 Å². The maximum Gasteiger partial charge on any atom is 0.274 e. The Morgan fingerprint density at radius 2 is 1.75 bits per heavy atom. The van der Waals surface area contributed by atoms with E-state index >= 15 is 0 Å². The van der Waals surface area contributed by atoms with Gasteiger partial charge in [0.1, 0.15) is 5.75 Å². The van der Waals surface area contributed by atoms with Crippen LogP contribution < -0.4 is 21.3 Å². The van der Waals surface area contributed by atoms with E-state index in [9.17, 15) is 9.59 Å². The number of benzene rings is 2. The number of ether oxygens (including phenoxy) is 1. The van der Waals surface area contributed by atoms with Crippen LogP contribution >= 0.6 is 0 Å². The number of hydrogen-bond donors (Lipinski definition) is 3. The fourth-order valence-electron chi connectivity index (χ4n) is 2.21. The third-order valence-corrected chi connectivity index (χ3v) is 3.57. The summed E-state index contributed by atoms with van der Waals surface area (Å²) in [5.74, 6) is 4.90. The van der Waals surface area contributed by atoms with E-state index < -0.39 is 12.0 Å². The number of anilines is 1. The summed E-state index contributed by atoms with van der Waals surface area (Å²) in [5.41, 5.74) is 5.44. The molecule has 0 bridgehead atoms. The van der Waals surface area contributed by atoms with E-state index in [0.29, 0.717) is 11.3 Å². The molecule has 0 saturated carbocycles. The Balaban J connectivity index is 2.04. The molecule has 0 heterocycles. The summed E-state index contributed by atoms with van der Waals surface area (Å²) in [4.78, 5) is 23.6. The summed E-state index contributed by atoms with van der Waals surface area (Å²) >= 11 is 0. The van der Waals surface area contributed by atoms with Gasteiger partial charge in [-0.25, -0.2) is 5.84 Å². The van der Waals surface area contributed by atoms with Crippen molar-refractivity contribution in [3.8, 4) is 5.75 Å². The van der Waals surface area contributed by atoms with Gasteiger partial charge in [-0.1, -0.05) is 17.7 Å². The predicted molar refractivity (Wildman–Crippen MR) is 92.7 cm³/mol. The summed E-state index contributed by atoms with van der Waals surface area (Å²) in [6.45, 7) is 5.54. The van der Waals surface area contributed by atoms with Crippen molar-refractivity contribution in [3.63, 3.8) is 0 Å². The minimum Gasteiger partial charge on any atom is -0.481 e. The molecule has 0 aliphatic heterocycles. The van der Waals surface area contributed by atoms with E-state index in [0.717, 1.165) is 16.8 Å². The SMILES string of the molecule is Cc1ccc(NC(=O)c2ccc(O[C@@H](C)C(=O)NN)cc2)c(C)c1. The molecule has 24 heavy (non-hydrogen) atoms. The third-order valence-electron chi connectivity index (χ3n) is 3.57. The second-order valence-electron chi connectivity index (χ2n) is 5.57. The average Bonchev–Trinajstić information content (AvgIpc) is 2.57. The van der Waals surface area contributed by atoms with E-state index in [1.807, 2.05) is 37.5 Å². The first kappa shape index (κ1) is 17.5. The molecule has 2 aromatic rings. The van der Waals surface area contributed by atoms with Gasteiger partial charge in [0.25, 0.3) is 11.8 Å². The maximum atomic E-state index is 12.3. The fraction of sp³-hybridized carbons (Fsp3) is 0.222.